The molecule has 0 aromatic heterocycles. The highest BCUT2D eigenvalue weighted by atomic mass is 79.9. The first-order valence-corrected chi connectivity index (χ1v) is 9.95. The molecule has 0 aliphatic rings. The zero-order valence-corrected chi connectivity index (χ0v) is 17.4. The number of thiocarbonyl (C=S) groups is 1. The molecule has 0 heterocycles. The molecule has 4 nitrogen and oxygen atoms in total. The Hall–Kier alpha value is -2.70. The number of benzene rings is 3. The van der Waals surface area contributed by atoms with Gasteiger partial charge in [0.05, 0.1) is 12.2 Å². The van der Waals surface area contributed by atoms with Gasteiger partial charge >= 0.3 is 0 Å². The predicted molar refractivity (Wildman–Crippen MR) is 120 cm³/mol. The first-order valence-electron chi connectivity index (χ1n) is 8.75. The van der Waals surface area contributed by atoms with E-state index in [9.17, 15) is 4.79 Å². The van der Waals surface area contributed by atoms with Gasteiger partial charge in [-0.05, 0) is 54.2 Å². The molecule has 0 bridgehead atoms. The fourth-order valence-corrected chi connectivity index (χ4v) is 3.04. The van der Waals surface area contributed by atoms with Crippen molar-refractivity contribution < 1.29 is 9.53 Å². The molecule has 0 aliphatic carbocycles. The lowest BCUT2D eigenvalue weighted by molar-refractivity contribution is 0.0974. The molecule has 0 radical (unpaired) electrons. The van der Waals surface area contributed by atoms with Crippen molar-refractivity contribution in [3.8, 4) is 5.75 Å². The number of hydrogen-bond donors (Lipinski definition) is 2. The molecule has 0 spiro atoms. The Morgan fingerprint density at radius 2 is 1.61 bits per heavy atom. The van der Waals surface area contributed by atoms with Crippen molar-refractivity contribution in [3.05, 3.63) is 94.5 Å². The standard InChI is InChI=1S/C22H19BrN2O2S/c23-17-10-12-18(13-11-17)24-22(28)25-21(26)19-8-4-5-9-20(19)27-15-14-16-6-2-1-3-7-16/h1-13H,14-15H2,(H2,24,25,26,28). The summed E-state index contributed by atoms with van der Waals surface area (Å²) in [6, 6.07) is 24.7. The number of para-hydroxylation sites is 1. The Morgan fingerprint density at radius 1 is 0.929 bits per heavy atom. The molecule has 3 rings (SSSR count). The third-order valence-corrected chi connectivity index (χ3v) is 4.68. The van der Waals surface area contributed by atoms with E-state index in [1.807, 2.05) is 60.7 Å². The van der Waals surface area contributed by atoms with Crippen LogP contribution < -0.4 is 15.4 Å². The zero-order chi connectivity index (χ0) is 19.8. The highest BCUT2D eigenvalue weighted by Crippen LogP contribution is 2.19. The SMILES string of the molecule is O=C(NC(=S)Nc1ccc(Br)cc1)c1ccccc1OCCc1ccccc1. The van der Waals surface area contributed by atoms with Crippen LogP contribution in [0.15, 0.2) is 83.3 Å². The molecule has 0 fully saturated rings. The summed E-state index contributed by atoms with van der Waals surface area (Å²) in [5.41, 5.74) is 2.42. The Labute approximate surface area is 178 Å². The number of hydrogen-bond acceptors (Lipinski definition) is 3. The number of amides is 1. The van der Waals surface area contributed by atoms with Crippen molar-refractivity contribution >= 4 is 44.9 Å². The number of carbonyl (C=O) groups excluding carboxylic acids is 1. The average Bonchev–Trinajstić information content (AvgIpc) is 2.71. The number of carbonyl (C=O) groups is 1. The fourth-order valence-electron chi connectivity index (χ4n) is 2.57. The van der Waals surface area contributed by atoms with E-state index >= 15 is 0 Å². The summed E-state index contributed by atoms with van der Waals surface area (Å²) in [4.78, 5) is 12.6. The van der Waals surface area contributed by atoms with Gasteiger partial charge in [0, 0.05) is 16.6 Å². The molecule has 1 amide bonds. The van der Waals surface area contributed by atoms with Crippen LogP contribution in [0.1, 0.15) is 15.9 Å². The molecular formula is C22H19BrN2O2S. The second-order valence-electron chi connectivity index (χ2n) is 6.00. The van der Waals surface area contributed by atoms with Gasteiger partial charge < -0.3 is 10.1 Å². The minimum absolute atomic E-state index is 0.228. The van der Waals surface area contributed by atoms with Crippen LogP contribution in [0.3, 0.4) is 0 Å². The minimum Gasteiger partial charge on any atom is -0.492 e. The normalized spacial score (nSPS) is 10.2. The molecule has 3 aromatic carbocycles. The van der Waals surface area contributed by atoms with Crippen LogP contribution in [-0.4, -0.2) is 17.6 Å². The first kappa shape index (κ1) is 20.0. The smallest absolute Gasteiger partial charge is 0.261 e. The Morgan fingerprint density at radius 3 is 2.36 bits per heavy atom. The molecule has 28 heavy (non-hydrogen) atoms. The van der Waals surface area contributed by atoms with E-state index in [4.69, 9.17) is 17.0 Å². The van der Waals surface area contributed by atoms with Gasteiger partial charge in [0.2, 0.25) is 0 Å². The van der Waals surface area contributed by atoms with Gasteiger partial charge in [0.1, 0.15) is 5.75 Å². The quantitative estimate of drug-likeness (QED) is 0.502. The first-order chi connectivity index (χ1) is 13.6. The lowest BCUT2D eigenvalue weighted by atomic mass is 10.1. The second-order valence-corrected chi connectivity index (χ2v) is 7.32. The lowest BCUT2D eigenvalue weighted by Crippen LogP contribution is -2.34. The summed E-state index contributed by atoms with van der Waals surface area (Å²) in [6.45, 7) is 0.482. The summed E-state index contributed by atoms with van der Waals surface area (Å²) in [5, 5.41) is 5.92. The highest BCUT2D eigenvalue weighted by Gasteiger charge is 2.13. The van der Waals surface area contributed by atoms with Gasteiger partial charge in [0.25, 0.3) is 5.91 Å². The number of rotatable bonds is 6. The van der Waals surface area contributed by atoms with Crippen LogP contribution in [0, 0.1) is 0 Å². The van der Waals surface area contributed by atoms with Gasteiger partial charge in [-0.3, -0.25) is 10.1 Å². The van der Waals surface area contributed by atoms with Crippen LogP contribution >= 0.6 is 28.1 Å². The second kappa shape index (κ2) is 10.0. The maximum atomic E-state index is 12.6. The molecular weight excluding hydrogens is 436 g/mol. The maximum absolute atomic E-state index is 12.6. The Balaban J connectivity index is 1.58. The molecule has 2 N–H and O–H groups in total. The number of ether oxygens (including phenoxy) is 1. The van der Waals surface area contributed by atoms with Crippen molar-refractivity contribution in [1.29, 1.82) is 0 Å². The van der Waals surface area contributed by atoms with E-state index in [2.05, 4.69) is 26.6 Å². The fraction of sp³-hybridized carbons (Fsp3) is 0.0909. The predicted octanol–water partition coefficient (Wildman–Crippen LogP) is 5.20. The van der Waals surface area contributed by atoms with E-state index in [0.29, 0.717) is 17.9 Å². The summed E-state index contributed by atoms with van der Waals surface area (Å²) in [7, 11) is 0. The van der Waals surface area contributed by atoms with Crippen molar-refractivity contribution in [2.24, 2.45) is 0 Å². The van der Waals surface area contributed by atoms with E-state index in [-0.39, 0.29) is 11.0 Å². The Bertz CT molecular complexity index is 946. The molecule has 0 atom stereocenters. The van der Waals surface area contributed by atoms with Gasteiger partial charge in [-0.15, -0.1) is 0 Å². The van der Waals surface area contributed by atoms with Crippen molar-refractivity contribution in [2.45, 2.75) is 6.42 Å². The Kier molecular flexibility index (Phi) is 7.17. The molecule has 6 heteroatoms. The van der Waals surface area contributed by atoms with Crippen LogP contribution in [-0.2, 0) is 6.42 Å². The van der Waals surface area contributed by atoms with Crippen LogP contribution in [0.2, 0.25) is 0 Å². The average molecular weight is 455 g/mol. The van der Waals surface area contributed by atoms with Crippen molar-refractivity contribution in [2.75, 3.05) is 11.9 Å². The summed E-state index contributed by atoms with van der Waals surface area (Å²) in [6.07, 6.45) is 0.764. The molecule has 0 saturated heterocycles. The monoisotopic (exact) mass is 454 g/mol. The molecule has 142 valence electrons. The highest BCUT2D eigenvalue weighted by molar-refractivity contribution is 9.10. The van der Waals surface area contributed by atoms with E-state index in [1.165, 1.54) is 5.56 Å². The van der Waals surface area contributed by atoms with Crippen LogP contribution in [0.4, 0.5) is 5.69 Å². The zero-order valence-electron chi connectivity index (χ0n) is 15.0. The van der Waals surface area contributed by atoms with Gasteiger partial charge in [0.15, 0.2) is 5.11 Å². The van der Waals surface area contributed by atoms with E-state index in [0.717, 1.165) is 16.6 Å². The minimum atomic E-state index is -0.315. The molecule has 3 aromatic rings. The van der Waals surface area contributed by atoms with Crippen molar-refractivity contribution in [1.82, 2.24) is 5.32 Å². The van der Waals surface area contributed by atoms with E-state index < -0.39 is 0 Å². The topological polar surface area (TPSA) is 50.4 Å². The van der Waals surface area contributed by atoms with Crippen molar-refractivity contribution in [3.63, 3.8) is 0 Å². The lowest BCUT2D eigenvalue weighted by Gasteiger charge is -2.13. The number of nitrogens with one attached hydrogen (secondary N) is 2. The van der Waals surface area contributed by atoms with E-state index in [1.54, 1.807) is 18.2 Å². The third-order valence-electron chi connectivity index (χ3n) is 3.95. The van der Waals surface area contributed by atoms with Crippen LogP contribution in [0.25, 0.3) is 0 Å². The van der Waals surface area contributed by atoms with Gasteiger partial charge in [-0.2, -0.15) is 0 Å². The largest absolute Gasteiger partial charge is 0.492 e. The number of anilines is 1. The summed E-state index contributed by atoms with van der Waals surface area (Å²) in [5.74, 6) is 0.215. The van der Waals surface area contributed by atoms with Crippen LogP contribution in [0.5, 0.6) is 5.75 Å². The van der Waals surface area contributed by atoms with Gasteiger partial charge in [-0.25, -0.2) is 0 Å². The summed E-state index contributed by atoms with van der Waals surface area (Å²) >= 11 is 8.63. The molecule has 0 unspecified atom stereocenters. The van der Waals surface area contributed by atoms with Gasteiger partial charge in [-0.1, -0.05) is 58.4 Å². The molecule has 0 saturated carbocycles. The third kappa shape index (κ3) is 5.90. The molecule has 0 aliphatic heterocycles. The maximum Gasteiger partial charge on any atom is 0.261 e. The summed E-state index contributed by atoms with van der Waals surface area (Å²) < 4.78 is 6.81. The number of halogens is 1.